The van der Waals surface area contributed by atoms with E-state index in [1.54, 1.807) is 0 Å². The summed E-state index contributed by atoms with van der Waals surface area (Å²) in [5, 5.41) is 12.6. The number of aromatic amines is 1. The second-order valence-electron chi connectivity index (χ2n) is 5.71. The van der Waals surface area contributed by atoms with E-state index in [1.165, 1.54) is 0 Å². The monoisotopic (exact) mass is 290 g/mol. The fraction of sp³-hybridized carbons (Fsp3) is 0.111. The molecule has 2 N–H and O–H groups in total. The highest BCUT2D eigenvalue weighted by molar-refractivity contribution is 6.24. The molecule has 4 nitrogen and oxygen atoms in total. The minimum atomic E-state index is -0.307. The van der Waals surface area contributed by atoms with Gasteiger partial charge in [-0.2, -0.15) is 0 Å². The van der Waals surface area contributed by atoms with Crippen LogP contribution in [0.15, 0.2) is 41.4 Å². The van der Waals surface area contributed by atoms with E-state index in [2.05, 4.69) is 9.98 Å². The van der Waals surface area contributed by atoms with Gasteiger partial charge in [0.1, 0.15) is 0 Å². The highest BCUT2D eigenvalue weighted by Gasteiger charge is 2.24. The molecule has 1 aliphatic heterocycles. The third-order valence-corrected chi connectivity index (χ3v) is 4.04. The molecule has 2 heterocycles. The van der Waals surface area contributed by atoms with Gasteiger partial charge in [-0.3, -0.25) is 4.79 Å². The number of aromatic nitrogens is 1. The van der Waals surface area contributed by atoms with E-state index in [9.17, 15) is 9.90 Å². The van der Waals surface area contributed by atoms with Gasteiger partial charge >= 0.3 is 0 Å². The van der Waals surface area contributed by atoms with Crippen molar-refractivity contribution in [2.24, 2.45) is 4.99 Å². The lowest BCUT2D eigenvalue weighted by atomic mass is 10.0. The molecule has 4 rings (SSSR count). The van der Waals surface area contributed by atoms with Crippen molar-refractivity contribution in [1.29, 1.82) is 0 Å². The van der Waals surface area contributed by atoms with Gasteiger partial charge in [-0.05, 0) is 38.1 Å². The second-order valence-corrected chi connectivity index (χ2v) is 5.71. The van der Waals surface area contributed by atoms with Gasteiger partial charge in [0, 0.05) is 16.1 Å². The zero-order valence-corrected chi connectivity index (χ0v) is 12.3. The minimum Gasteiger partial charge on any atom is -0.494 e. The van der Waals surface area contributed by atoms with Gasteiger partial charge in [0.15, 0.2) is 5.88 Å². The number of hydrogen-bond acceptors (Lipinski definition) is 2. The van der Waals surface area contributed by atoms with Crippen molar-refractivity contribution in [3.05, 3.63) is 63.7 Å². The zero-order valence-electron chi connectivity index (χ0n) is 12.3. The number of fused-ring (bicyclic) bond motifs is 2. The number of benzene rings is 2. The van der Waals surface area contributed by atoms with Crippen LogP contribution in [0.1, 0.15) is 16.7 Å². The number of nitrogens with zero attached hydrogens (tertiary/aromatic N) is 1. The molecular weight excluding hydrogens is 276 g/mol. The Morgan fingerprint density at radius 1 is 1.05 bits per heavy atom. The Morgan fingerprint density at radius 3 is 2.59 bits per heavy atom. The summed E-state index contributed by atoms with van der Waals surface area (Å²) in [5.74, 6) is -0.299. The van der Waals surface area contributed by atoms with Gasteiger partial charge in [-0.25, -0.2) is 4.99 Å². The number of H-pyrrole nitrogens is 1. The fourth-order valence-electron chi connectivity index (χ4n) is 3.01. The summed E-state index contributed by atoms with van der Waals surface area (Å²) in [6.45, 7) is 3.96. The van der Waals surface area contributed by atoms with Crippen molar-refractivity contribution in [1.82, 2.24) is 4.98 Å². The average molecular weight is 290 g/mol. The molecule has 0 atom stereocenters. The molecule has 0 fully saturated rings. The van der Waals surface area contributed by atoms with Crippen LogP contribution in [-0.4, -0.2) is 16.0 Å². The summed E-state index contributed by atoms with van der Waals surface area (Å²) in [6, 6.07) is 11.5. The summed E-state index contributed by atoms with van der Waals surface area (Å²) in [5.41, 5.74) is 3.93. The first-order valence-electron chi connectivity index (χ1n) is 7.10. The molecule has 1 aliphatic rings. The summed E-state index contributed by atoms with van der Waals surface area (Å²) in [7, 11) is 0. The number of rotatable bonds is 1. The van der Waals surface area contributed by atoms with Gasteiger partial charge in [-0.15, -0.1) is 0 Å². The van der Waals surface area contributed by atoms with E-state index in [4.69, 9.17) is 0 Å². The minimum absolute atomic E-state index is 0.00788. The molecule has 3 aromatic rings. The third-order valence-electron chi connectivity index (χ3n) is 4.04. The van der Waals surface area contributed by atoms with Gasteiger partial charge in [0.05, 0.1) is 16.5 Å². The lowest BCUT2D eigenvalue weighted by Gasteiger charge is -2.01. The Balaban J connectivity index is 2.18. The van der Waals surface area contributed by atoms with Crippen molar-refractivity contribution >= 4 is 22.4 Å². The van der Waals surface area contributed by atoms with Crippen molar-refractivity contribution < 1.29 is 9.90 Å². The van der Waals surface area contributed by atoms with Crippen LogP contribution < -0.4 is 10.6 Å². The number of nitrogens with one attached hydrogen (secondary N) is 1. The first-order chi connectivity index (χ1) is 10.5. The third kappa shape index (κ3) is 1.70. The number of amides is 1. The molecular formula is C18H14N2O2. The first-order valence-corrected chi connectivity index (χ1v) is 7.10. The lowest BCUT2D eigenvalue weighted by Crippen LogP contribution is -2.23. The molecule has 108 valence electrons. The molecule has 4 heteroatoms. The van der Waals surface area contributed by atoms with E-state index in [1.807, 2.05) is 50.2 Å². The van der Waals surface area contributed by atoms with Gasteiger partial charge in [0.25, 0.3) is 5.91 Å². The van der Waals surface area contributed by atoms with Crippen LogP contribution in [0.2, 0.25) is 0 Å². The maximum Gasteiger partial charge on any atom is 0.279 e. The van der Waals surface area contributed by atoms with Crippen LogP contribution in [0.5, 0.6) is 5.88 Å². The Hall–Kier alpha value is -2.88. The lowest BCUT2D eigenvalue weighted by molar-refractivity contribution is -0.112. The zero-order chi connectivity index (χ0) is 15.4. The number of aromatic hydroxyl groups is 1. The van der Waals surface area contributed by atoms with Crippen molar-refractivity contribution in [3.63, 3.8) is 0 Å². The Bertz CT molecular complexity index is 1070. The van der Waals surface area contributed by atoms with E-state index in [0.717, 1.165) is 27.2 Å². The van der Waals surface area contributed by atoms with E-state index in [0.29, 0.717) is 16.5 Å². The van der Waals surface area contributed by atoms with Crippen molar-refractivity contribution in [2.45, 2.75) is 13.8 Å². The summed E-state index contributed by atoms with van der Waals surface area (Å²) < 4.78 is 0. The quantitative estimate of drug-likeness (QED) is 0.718. The molecule has 0 radical (unpaired) electrons. The molecule has 1 aromatic heterocycles. The molecule has 0 saturated carbocycles. The van der Waals surface area contributed by atoms with Crippen LogP contribution in [0.25, 0.3) is 16.5 Å². The average Bonchev–Trinajstić information content (AvgIpc) is 2.94. The second kappa shape index (κ2) is 4.31. The first kappa shape index (κ1) is 12.8. The molecule has 0 saturated heterocycles. The molecule has 1 amide bonds. The standard InChI is InChI=1S/C18H14N2O2/c1-9-3-5-13-11(7-9)15(17(21)19-13)16-12-8-10(2)4-6-14(12)20-18(16)22/h3-8,19,21H,1-2H3. The smallest absolute Gasteiger partial charge is 0.279 e. The highest BCUT2D eigenvalue weighted by Crippen LogP contribution is 2.33. The molecule has 22 heavy (non-hydrogen) atoms. The van der Waals surface area contributed by atoms with Crippen molar-refractivity contribution in [2.75, 3.05) is 0 Å². The molecule has 0 aliphatic carbocycles. The Kier molecular flexibility index (Phi) is 2.51. The van der Waals surface area contributed by atoms with E-state index in [-0.39, 0.29) is 11.8 Å². The maximum atomic E-state index is 12.4. The van der Waals surface area contributed by atoms with Crippen LogP contribution >= 0.6 is 0 Å². The summed E-state index contributed by atoms with van der Waals surface area (Å²) in [4.78, 5) is 19.4. The Morgan fingerprint density at radius 2 is 1.77 bits per heavy atom. The van der Waals surface area contributed by atoms with Gasteiger partial charge in [-0.1, -0.05) is 23.3 Å². The number of carbonyl (C=O) groups is 1. The number of carbonyl (C=O) groups excluding carboxylic acids is 1. The van der Waals surface area contributed by atoms with E-state index < -0.39 is 0 Å². The molecule has 0 bridgehead atoms. The predicted octanol–water partition coefficient (Wildman–Crippen LogP) is 1.85. The van der Waals surface area contributed by atoms with Crippen LogP contribution in [0.3, 0.4) is 0 Å². The van der Waals surface area contributed by atoms with Crippen LogP contribution in [0, 0.1) is 13.8 Å². The molecule has 2 aromatic carbocycles. The van der Waals surface area contributed by atoms with Gasteiger partial charge < -0.3 is 10.1 Å². The number of aryl methyl sites for hydroxylation is 2. The molecule has 0 unspecified atom stereocenters. The normalized spacial score (nSPS) is 13.5. The largest absolute Gasteiger partial charge is 0.494 e. The van der Waals surface area contributed by atoms with Crippen LogP contribution in [0.4, 0.5) is 0 Å². The van der Waals surface area contributed by atoms with E-state index >= 15 is 0 Å². The SMILES string of the molecule is Cc1ccc2c(c1)=C(c1c(O)[nH]c3ccc(C)cc13)C(=O)N=2. The van der Waals surface area contributed by atoms with Crippen LogP contribution in [-0.2, 0) is 4.79 Å². The maximum absolute atomic E-state index is 12.4. The van der Waals surface area contributed by atoms with Gasteiger partial charge in [0.2, 0.25) is 0 Å². The fourth-order valence-corrected chi connectivity index (χ4v) is 3.01. The predicted molar refractivity (Wildman–Crippen MR) is 84.2 cm³/mol. The Labute approximate surface area is 126 Å². The number of hydrogen-bond donors (Lipinski definition) is 2. The summed E-state index contributed by atoms with van der Waals surface area (Å²) >= 11 is 0. The summed E-state index contributed by atoms with van der Waals surface area (Å²) in [6.07, 6.45) is 0. The van der Waals surface area contributed by atoms with Crippen molar-refractivity contribution in [3.8, 4) is 5.88 Å². The topological polar surface area (TPSA) is 65.4 Å². The molecule has 0 spiro atoms. The highest BCUT2D eigenvalue weighted by atomic mass is 16.3.